The van der Waals surface area contributed by atoms with E-state index >= 15 is 0 Å². The van der Waals surface area contributed by atoms with Gasteiger partial charge in [-0.2, -0.15) is 5.10 Å². The van der Waals surface area contributed by atoms with Crippen molar-refractivity contribution in [2.24, 2.45) is 5.10 Å². The van der Waals surface area contributed by atoms with Crippen LogP contribution in [0.5, 0.6) is 5.75 Å². The third kappa shape index (κ3) is 4.14. The Hall–Kier alpha value is -3.38. The summed E-state index contributed by atoms with van der Waals surface area (Å²) in [5.41, 5.74) is 6.12. The number of pyridine rings is 1. The standard InChI is InChI=1S/C24H21N3O2S/c1-15-6-5-9-19-22(12-16(2)26-24(15)19)30-14-23(29)27-25-13-20-18-8-4-3-7-17(18)10-11-21(20)28/h3-13,28H,14H2,1-2H3,(H,27,29)/b25-13+. The van der Waals surface area contributed by atoms with Crippen molar-refractivity contribution in [3.05, 3.63) is 77.5 Å². The van der Waals surface area contributed by atoms with E-state index in [0.29, 0.717) is 5.56 Å². The Kier molecular flexibility index (Phi) is 5.68. The van der Waals surface area contributed by atoms with Gasteiger partial charge in [-0.25, -0.2) is 5.43 Å². The van der Waals surface area contributed by atoms with Gasteiger partial charge in [0.05, 0.1) is 17.5 Å². The minimum atomic E-state index is -0.216. The van der Waals surface area contributed by atoms with Crippen molar-refractivity contribution in [1.29, 1.82) is 0 Å². The van der Waals surface area contributed by atoms with E-state index in [1.807, 2.05) is 68.4 Å². The van der Waals surface area contributed by atoms with Crippen molar-refractivity contribution in [2.75, 3.05) is 5.75 Å². The van der Waals surface area contributed by atoms with Gasteiger partial charge in [-0.15, -0.1) is 11.8 Å². The highest BCUT2D eigenvalue weighted by atomic mass is 32.2. The number of benzene rings is 3. The van der Waals surface area contributed by atoms with Crippen LogP contribution in [0.2, 0.25) is 0 Å². The van der Waals surface area contributed by atoms with E-state index < -0.39 is 0 Å². The second-order valence-corrected chi connectivity index (χ2v) is 8.05. The molecule has 0 saturated carbocycles. The SMILES string of the molecule is Cc1cc(SCC(=O)N/N=C/c2c(O)ccc3ccccc23)c2cccc(C)c2n1. The summed E-state index contributed by atoms with van der Waals surface area (Å²) < 4.78 is 0. The molecule has 0 unspecified atom stereocenters. The Morgan fingerprint density at radius 2 is 1.90 bits per heavy atom. The molecule has 1 aromatic heterocycles. The fourth-order valence-electron chi connectivity index (χ4n) is 3.37. The maximum atomic E-state index is 12.3. The lowest BCUT2D eigenvalue weighted by Crippen LogP contribution is -2.19. The molecule has 1 heterocycles. The molecule has 0 aliphatic carbocycles. The summed E-state index contributed by atoms with van der Waals surface area (Å²) in [6, 6.07) is 19.2. The van der Waals surface area contributed by atoms with Crippen molar-refractivity contribution in [2.45, 2.75) is 18.7 Å². The molecule has 1 amide bonds. The Balaban J connectivity index is 1.46. The van der Waals surface area contributed by atoms with Crippen molar-refractivity contribution >= 4 is 45.6 Å². The average Bonchev–Trinajstić information content (AvgIpc) is 2.74. The van der Waals surface area contributed by atoms with Gasteiger partial charge < -0.3 is 5.11 Å². The molecule has 0 fully saturated rings. The number of hydrogen-bond donors (Lipinski definition) is 2. The molecule has 0 atom stereocenters. The van der Waals surface area contributed by atoms with Crippen molar-refractivity contribution in [1.82, 2.24) is 10.4 Å². The van der Waals surface area contributed by atoms with Crippen molar-refractivity contribution in [3.63, 3.8) is 0 Å². The summed E-state index contributed by atoms with van der Waals surface area (Å²) in [7, 11) is 0. The predicted molar refractivity (Wildman–Crippen MR) is 123 cm³/mol. The van der Waals surface area contributed by atoms with E-state index in [4.69, 9.17) is 0 Å². The molecule has 3 aromatic carbocycles. The van der Waals surface area contributed by atoms with E-state index in [2.05, 4.69) is 15.5 Å². The first kappa shape index (κ1) is 19.9. The number of para-hydroxylation sites is 1. The van der Waals surface area contributed by atoms with Gasteiger partial charge in [0, 0.05) is 21.5 Å². The highest BCUT2D eigenvalue weighted by molar-refractivity contribution is 8.00. The molecule has 0 saturated heterocycles. The Morgan fingerprint density at radius 1 is 1.10 bits per heavy atom. The third-order valence-electron chi connectivity index (χ3n) is 4.82. The number of nitrogens with one attached hydrogen (secondary N) is 1. The number of fused-ring (bicyclic) bond motifs is 2. The number of aryl methyl sites for hydroxylation is 2. The number of aromatic hydroxyl groups is 1. The number of phenols is 1. The van der Waals surface area contributed by atoms with E-state index in [-0.39, 0.29) is 17.4 Å². The number of amides is 1. The lowest BCUT2D eigenvalue weighted by atomic mass is 10.0. The molecular weight excluding hydrogens is 394 g/mol. The fraction of sp³-hybridized carbons (Fsp3) is 0.125. The number of carbonyl (C=O) groups excluding carboxylic acids is 1. The van der Waals surface area contributed by atoms with Gasteiger partial charge in [0.25, 0.3) is 0 Å². The van der Waals surface area contributed by atoms with Gasteiger partial charge in [0.2, 0.25) is 5.91 Å². The molecule has 0 radical (unpaired) electrons. The lowest BCUT2D eigenvalue weighted by molar-refractivity contribution is -0.118. The summed E-state index contributed by atoms with van der Waals surface area (Å²) in [4.78, 5) is 18.0. The van der Waals surface area contributed by atoms with Crippen LogP contribution >= 0.6 is 11.8 Å². The van der Waals surface area contributed by atoms with E-state index in [9.17, 15) is 9.90 Å². The number of carbonyl (C=O) groups is 1. The van der Waals surface area contributed by atoms with Crippen LogP contribution in [0.4, 0.5) is 0 Å². The first-order chi connectivity index (χ1) is 14.5. The molecule has 150 valence electrons. The van der Waals surface area contributed by atoms with Gasteiger partial charge in [0.1, 0.15) is 5.75 Å². The highest BCUT2D eigenvalue weighted by Gasteiger charge is 2.09. The number of aromatic nitrogens is 1. The van der Waals surface area contributed by atoms with Gasteiger partial charge in [-0.1, -0.05) is 48.5 Å². The number of nitrogens with zero attached hydrogens (tertiary/aromatic N) is 2. The summed E-state index contributed by atoms with van der Waals surface area (Å²) in [5.74, 6) is 0.132. The normalized spacial score (nSPS) is 11.4. The van der Waals surface area contributed by atoms with Gasteiger partial charge in [-0.05, 0) is 42.3 Å². The quantitative estimate of drug-likeness (QED) is 0.275. The molecule has 0 aliphatic rings. The summed E-state index contributed by atoms with van der Waals surface area (Å²) in [5, 5.41) is 17.1. The predicted octanol–water partition coefficient (Wildman–Crippen LogP) is 4.95. The van der Waals surface area contributed by atoms with Crippen LogP contribution in [0.3, 0.4) is 0 Å². The molecule has 5 nitrogen and oxygen atoms in total. The van der Waals surface area contributed by atoms with Crippen LogP contribution < -0.4 is 5.43 Å². The smallest absolute Gasteiger partial charge is 0.250 e. The average molecular weight is 416 g/mol. The first-order valence-corrected chi connectivity index (χ1v) is 10.5. The summed E-state index contributed by atoms with van der Waals surface area (Å²) in [6.07, 6.45) is 1.48. The summed E-state index contributed by atoms with van der Waals surface area (Å²) >= 11 is 1.46. The number of phenolic OH excluding ortho intramolecular Hbond substituents is 1. The van der Waals surface area contributed by atoms with Gasteiger partial charge in [-0.3, -0.25) is 9.78 Å². The maximum Gasteiger partial charge on any atom is 0.250 e. The summed E-state index contributed by atoms with van der Waals surface area (Å²) in [6.45, 7) is 3.99. The second kappa shape index (κ2) is 8.55. The number of hydrazone groups is 1. The molecule has 0 spiro atoms. The van der Waals surface area contributed by atoms with Gasteiger partial charge in [0.15, 0.2) is 0 Å². The number of thioether (sulfide) groups is 1. The third-order valence-corrected chi connectivity index (χ3v) is 5.88. The Morgan fingerprint density at radius 3 is 2.77 bits per heavy atom. The van der Waals surface area contributed by atoms with Crippen LogP contribution in [0.1, 0.15) is 16.8 Å². The minimum absolute atomic E-state index is 0.121. The molecule has 4 rings (SSSR count). The maximum absolute atomic E-state index is 12.3. The Labute approximate surface area is 178 Å². The molecule has 0 aliphatic heterocycles. The molecule has 30 heavy (non-hydrogen) atoms. The fourth-order valence-corrected chi connectivity index (χ4v) is 4.29. The van der Waals surface area contributed by atoms with Crippen LogP contribution in [0.15, 0.2) is 70.7 Å². The largest absolute Gasteiger partial charge is 0.507 e. The number of hydrogen-bond acceptors (Lipinski definition) is 5. The minimum Gasteiger partial charge on any atom is -0.507 e. The van der Waals surface area contributed by atoms with Crippen LogP contribution in [-0.4, -0.2) is 28.0 Å². The number of rotatable bonds is 5. The zero-order valence-electron chi connectivity index (χ0n) is 16.7. The van der Waals surface area contributed by atoms with Crippen LogP contribution in [-0.2, 0) is 4.79 Å². The highest BCUT2D eigenvalue weighted by Crippen LogP contribution is 2.29. The first-order valence-electron chi connectivity index (χ1n) is 9.55. The molecule has 4 aromatic rings. The molecule has 6 heteroatoms. The van der Waals surface area contributed by atoms with Gasteiger partial charge >= 0.3 is 0 Å². The lowest BCUT2D eigenvalue weighted by Gasteiger charge is -2.09. The van der Waals surface area contributed by atoms with Crippen molar-refractivity contribution in [3.8, 4) is 5.75 Å². The van der Waals surface area contributed by atoms with Crippen LogP contribution in [0.25, 0.3) is 21.7 Å². The van der Waals surface area contributed by atoms with Crippen molar-refractivity contribution < 1.29 is 9.90 Å². The van der Waals surface area contributed by atoms with E-state index in [1.165, 1.54) is 18.0 Å². The molecule has 2 N–H and O–H groups in total. The van der Waals surface area contributed by atoms with E-state index in [0.717, 1.165) is 37.8 Å². The topological polar surface area (TPSA) is 74.6 Å². The monoisotopic (exact) mass is 415 g/mol. The zero-order valence-corrected chi connectivity index (χ0v) is 17.5. The van der Waals surface area contributed by atoms with Crippen LogP contribution in [0, 0.1) is 13.8 Å². The zero-order chi connectivity index (χ0) is 21.1. The molecular formula is C24H21N3O2S. The second-order valence-electron chi connectivity index (χ2n) is 7.03. The van der Waals surface area contributed by atoms with E-state index in [1.54, 1.807) is 6.07 Å². The Bertz CT molecular complexity index is 1280. The molecule has 0 bridgehead atoms.